The Hall–Kier alpha value is -2.51. The van der Waals surface area contributed by atoms with E-state index in [1.165, 1.54) is 11.8 Å². The highest BCUT2D eigenvalue weighted by atomic mass is 19.1. The normalized spacial score (nSPS) is 20.0. The summed E-state index contributed by atoms with van der Waals surface area (Å²) in [6.07, 6.45) is 1.70. The Labute approximate surface area is 144 Å². The number of likely N-dealkylation sites (N-methyl/N-ethyl adjacent to an activating group) is 1. The van der Waals surface area contributed by atoms with Gasteiger partial charge in [-0.3, -0.25) is 14.5 Å². The summed E-state index contributed by atoms with van der Waals surface area (Å²) in [6.45, 7) is 3.33. The molecule has 0 spiro atoms. The number of imide groups is 1. The van der Waals surface area contributed by atoms with E-state index in [0.29, 0.717) is 6.54 Å². The van der Waals surface area contributed by atoms with Crippen molar-refractivity contribution >= 4 is 17.8 Å². The fourth-order valence-electron chi connectivity index (χ4n) is 2.68. The van der Waals surface area contributed by atoms with Gasteiger partial charge in [-0.25, -0.2) is 13.6 Å². The first-order chi connectivity index (χ1) is 11.7. The van der Waals surface area contributed by atoms with Crippen LogP contribution in [0.25, 0.3) is 0 Å². The van der Waals surface area contributed by atoms with Gasteiger partial charge in [0.2, 0.25) is 5.91 Å². The van der Waals surface area contributed by atoms with Crippen LogP contribution in [-0.4, -0.2) is 47.8 Å². The smallest absolute Gasteiger partial charge is 0.325 e. The SMILES string of the molecule is CCCCN(C)C(=O)CN1C(=O)N[C@](C)(c2cc(F)ccc2F)C1=O. The van der Waals surface area contributed by atoms with E-state index in [1.807, 2.05) is 6.92 Å². The predicted molar refractivity (Wildman–Crippen MR) is 86.5 cm³/mol. The van der Waals surface area contributed by atoms with Gasteiger partial charge in [0, 0.05) is 19.2 Å². The molecule has 0 unspecified atom stereocenters. The third-order valence-electron chi connectivity index (χ3n) is 4.31. The second kappa shape index (κ2) is 7.16. The van der Waals surface area contributed by atoms with Crippen molar-refractivity contribution in [2.45, 2.75) is 32.2 Å². The number of rotatable bonds is 6. The molecule has 1 aromatic rings. The summed E-state index contributed by atoms with van der Waals surface area (Å²) >= 11 is 0. The molecule has 0 aromatic heterocycles. The third-order valence-corrected chi connectivity index (χ3v) is 4.31. The minimum absolute atomic E-state index is 0.278. The Balaban J connectivity index is 2.22. The van der Waals surface area contributed by atoms with Crippen molar-refractivity contribution in [2.24, 2.45) is 0 Å². The maximum absolute atomic E-state index is 14.1. The quantitative estimate of drug-likeness (QED) is 0.795. The fraction of sp³-hybridized carbons (Fsp3) is 0.471. The van der Waals surface area contributed by atoms with Crippen LogP contribution in [0, 0.1) is 11.6 Å². The molecule has 1 heterocycles. The number of urea groups is 1. The molecule has 0 aliphatic carbocycles. The van der Waals surface area contributed by atoms with Gasteiger partial charge in [-0.05, 0) is 31.5 Å². The molecule has 6 nitrogen and oxygen atoms in total. The Morgan fingerprint density at radius 1 is 1.32 bits per heavy atom. The second-order valence-electron chi connectivity index (χ2n) is 6.24. The second-order valence-corrected chi connectivity index (χ2v) is 6.24. The topological polar surface area (TPSA) is 69.7 Å². The van der Waals surface area contributed by atoms with Crippen LogP contribution in [0.3, 0.4) is 0 Å². The molecule has 1 saturated heterocycles. The van der Waals surface area contributed by atoms with Gasteiger partial charge < -0.3 is 10.2 Å². The van der Waals surface area contributed by atoms with Crippen molar-refractivity contribution in [1.82, 2.24) is 15.1 Å². The van der Waals surface area contributed by atoms with Crippen LogP contribution in [0.4, 0.5) is 13.6 Å². The number of carbonyl (C=O) groups is 3. The average molecular weight is 353 g/mol. The van der Waals surface area contributed by atoms with Crippen molar-refractivity contribution in [3.05, 3.63) is 35.4 Å². The van der Waals surface area contributed by atoms with Crippen molar-refractivity contribution in [3.8, 4) is 0 Å². The molecule has 1 aromatic carbocycles. The van der Waals surface area contributed by atoms with Gasteiger partial charge in [-0.15, -0.1) is 0 Å². The molecule has 1 N–H and O–H groups in total. The van der Waals surface area contributed by atoms with E-state index in [1.54, 1.807) is 7.05 Å². The van der Waals surface area contributed by atoms with Gasteiger partial charge in [0.25, 0.3) is 5.91 Å². The van der Waals surface area contributed by atoms with Crippen molar-refractivity contribution in [3.63, 3.8) is 0 Å². The van der Waals surface area contributed by atoms with Gasteiger partial charge in [0.05, 0.1) is 0 Å². The van der Waals surface area contributed by atoms with E-state index in [9.17, 15) is 23.2 Å². The lowest BCUT2D eigenvalue weighted by Crippen LogP contribution is -2.44. The van der Waals surface area contributed by atoms with Crippen LogP contribution in [0.1, 0.15) is 32.3 Å². The van der Waals surface area contributed by atoms with Crippen LogP contribution < -0.4 is 5.32 Å². The molecule has 25 heavy (non-hydrogen) atoms. The summed E-state index contributed by atoms with van der Waals surface area (Å²) in [5, 5.41) is 2.36. The summed E-state index contributed by atoms with van der Waals surface area (Å²) < 4.78 is 27.5. The predicted octanol–water partition coefficient (Wildman–Crippen LogP) is 1.99. The van der Waals surface area contributed by atoms with Crippen molar-refractivity contribution in [1.29, 1.82) is 0 Å². The first-order valence-electron chi connectivity index (χ1n) is 8.04. The highest BCUT2D eigenvalue weighted by molar-refractivity contribution is 6.09. The number of benzene rings is 1. The Bertz CT molecular complexity index is 710. The van der Waals surface area contributed by atoms with E-state index in [2.05, 4.69) is 5.32 Å². The first-order valence-corrected chi connectivity index (χ1v) is 8.04. The summed E-state index contributed by atoms with van der Waals surface area (Å²) in [4.78, 5) is 39.2. The number of amides is 4. The molecule has 1 aliphatic rings. The first kappa shape index (κ1) is 18.8. The van der Waals surface area contributed by atoms with Gasteiger partial charge in [0.15, 0.2) is 0 Å². The number of hydrogen-bond acceptors (Lipinski definition) is 3. The Morgan fingerprint density at radius 2 is 2.00 bits per heavy atom. The molecule has 1 fully saturated rings. The van der Waals surface area contributed by atoms with Crippen LogP contribution in [0.15, 0.2) is 18.2 Å². The molecule has 1 atom stereocenters. The lowest BCUT2D eigenvalue weighted by Gasteiger charge is -2.23. The van der Waals surface area contributed by atoms with Crippen LogP contribution in [-0.2, 0) is 15.1 Å². The zero-order chi connectivity index (χ0) is 18.8. The molecular weight excluding hydrogens is 332 g/mol. The maximum Gasteiger partial charge on any atom is 0.325 e. The van der Waals surface area contributed by atoms with Gasteiger partial charge in [-0.1, -0.05) is 13.3 Å². The highest BCUT2D eigenvalue weighted by Gasteiger charge is 2.51. The van der Waals surface area contributed by atoms with Crippen LogP contribution in [0.2, 0.25) is 0 Å². The molecule has 1 aliphatic heterocycles. The summed E-state index contributed by atoms with van der Waals surface area (Å²) in [7, 11) is 1.59. The Morgan fingerprint density at radius 3 is 2.64 bits per heavy atom. The molecule has 136 valence electrons. The molecule has 8 heteroatoms. The molecule has 0 radical (unpaired) electrons. The van der Waals surface area contributed by atoms with Crippen molar-refractivity contribution < 1.29 is 23.2 Å². The van der Waals surface area contributed by atoms with E-state index in [4.69, 9.17) is 0 Å². The van der Waals surface area contributed by atoms with E-state index >= 15 is 0 Å². The van der Waals surface area contributed by atoms with Gasteiger partial charge >= 0.3 is 6.03 Å². The van der Waals surface area contributed by atoms with E-state index < -0.39 is 41.6 Å². The largest absolute Gasteiger partial charge is 0.344 e. The fourth-order valence-corrected chi connectivity index (χ4v) is 2.68. The van der Waals surface area contributed by atoms with Gasteiger partial charge in [-0.2, -0.15) is 0 Å². The van der Waals surface area contributed by atoms with Crippen LogP contribution >= 0.6 is 0 Å². The van der Waals surface area contributed by atoms with Crippen LogP contribution in [0.5, 0.6) is 0 Å². The third kappa shape index (κ3) is 3.62. The Kier molecular flexibility index (Phi) is 5.39. The highest BCUT2D eigenvalue weighted by Crippen LogP contribution is 2.31. The number of carbonyl (C=O) groups excluding carboxylic acids is 3. The molecule has 0 bridgehead atoms. The molecule has 2 rings (SSSR count). The summed E-state index contributed by atoms with van der Waals surface area (Å²) in [5.41, 5.74) is -2.04. The zero-order valence-corrected chi connectivity index (χ0v) is 14.4. The minimum atomic E-state index is -1.76. The lowest BCUT2D eigenvalue weighted by atomic mass is 9.91. The lowest BCUT2D eigenvalue weighted by molar-refractivity contribution is -0.138. The number of nitrogens with one attached hydrogen (secondary N) is 1. The molecular formula is C17H21F2N3O3. The maximum atomic E-state index is 14.1. The monoisotopic (exact) mass is 353 g/mol. The van der Waals surface area contributed by atoms with E-state index in [-0.39, 0.29) is 5.56 Å². The van der Waals surface area contributed by atoms with E-state index in [0.717, 1.165) is 35.9 Å². The molecule has 0 saturated carbocycles. The summed E-state index contributed by atoms with van der Waals surface area (Å²) in [5.74, 6) is -2.74. The standard InChI is InChI=1S/C17H21F2N3O3/c1-4-5-8-21(3)14(23)10-22-15(24)17(2,20-16(22)25)12-9-11(18)6-7-13(12)19/h6-7,9H,4-5,8,10H2,1-3H3,(H,20,25)/t17-/m1/s1. The number of nitrogens with zero attached hydrogens (tertiary/aromatic N) is 2. The number of hydrogen-bond donors (Lipinski definition) is 1. The average Bonchev–Trinajstić information content (AvgIpc) is 2.78. The van der Waals surface area contributed by atoms with Gasteiger partial charge in [0.1, 0.15) is 23.7 Å². The molecule has 4 amide bonds. The number of unbranched alkanes of at least 4 members (excludes halogenated alkanes) is 1. The number of halogens is 2. The van der Waals surface area contributed by atoms with Crippen molar-refractivity contribution in [2.75, 3.05) is 20.1 Å². The minimum Gasteiger partial charge on any atom is -0.344 e. The zero-order valence-electron chi connectivity index (χ0n) is 14.4. The summed E-state index contributed by atoms with van der Waals surface area (Å²) in [6, 6.07) is 1.87.